The van der Waals surface area contributed by atoms with Crippen molar-refractivity contribution in [3.63, 3.8) is 0 Å². The molecule has 0 aliphatic heterocycles. The predicted molar refractivity (Wildman–Crippen MR) is 81.2 cm³/mol. The average molecular weight is 247 g/mol. The molecule has 0 spiro atoms. The summed E-state index contributed by atoms with van der Waals surface area (Å²) in [7, 11) is 2.08. The standard InChI is InChI=1S/C17H29N/c1-13(2)6-11-17(18-5)12-15-7-9-16(10-8-15)14(3)4/h7-10,13-14,17-18H,6,11-12H2,1-5H3. The topological polar surface area (TPSA) is 12.0 Å². The van der Waals surface area contributed by atoms with E-state index in [9.17, 15) is 0 Å². The maximum atomic E-state index is 3.44. The number of rotatable bonds is 7. The van der Waals surface area contributed by atoms with Crippen molar-refractivity contribution in [1.82, 2.24) is 5.32 Å². The van der Waals surface area contributed by atoms with Crippen molar-refractivity contribution in [3.05, 3.63) is 35.4 Å². The van der Waals surface area contributed by atoms with E-state index in [0.29, 0.717) is 12.0 Å². The van der Waals surface area contributed by atoms with Crippen LogP contribution in [0.2, 0.25) is 0 Å². The van der Waals surface area contributed by atoms with E-state index in [1.807, 2.05) is 0 Å². The van der Waals surface area contributed by atoms with Gasteiger partial charge in [-0.05, 0) is 49.3 Å². The minimum Gasteiger partial charge on any atom is -0.317 e. The Hall–Kier alpha value is -0.820. The van der Waals surface area contributed by atoms with Crippen molar-refractivity contribution in [2.45, 2.75) is 58.9 Å². The zero-order valence-electron chi connectivity index (χ0n) is 12.7. The fraction of sp³-hybridized carbons (Fsp3) is 0.647. The molecule has 1 nitrogen and oxygen atoms in total. The fourth-order valence-corrected chi connectivity index (χ4v) is 2.21. The summed E-state index contributed by atoms with van der Waals surface area (Å²) in [4.78, 5) is 0. The molecular formula is C17H29N. The summed E-state index contributed by atoms with van der Waals surface area (Å²) in [5.74, 6) is 1.42. The second kappa shape index (κ2) is 7.58. The van der Waals surface area contributed by atoms with Crippen LogP contribution in [0.1, 0.15) is 57.6 Å². The van der Waals surface area contributed by atoms with E-state index < -0.39 is 0 Å². The molecule has 0 aliphatic carbocycles. The van der Waals surface area contributed by atoms with Crippen LogP contribution in [0.5, 0.6) is 0 Å². The number of benzene rings is 1. The van der Waals surface area contributed by atoms with Crippen molar-refractivity contribution in [2.75, 3.05) is 7.05 Å². The van der Waals surface area contributed by atoms with Crippen molar-refractivity contribution in [3.8, 4) is 0 Å². The Morgan fingerprint density at radius 2 is 1.56 bits per heavy atom. The fourth-order valence-electron chi connectivity index (χ4n) is 2.21. The highest BCUT2D eigenvalue weighted by Crippen LogP contribution is 2.17. The molecule has 0 bridgehead atoms. The van der Waals surface area contributed by atoms with Gasteiger partial charge in [0, 0.05) is 6.04 Å². The Bertz CT molecular complexity index is 324. The number of likely N-dealkylation sites (N-methyl/N-ethyl adjacent to an activating group) is 1. The molecule has 1 N–H and O–H groups in total. The van der Waals surface area contributed by atoms with E-state index in [1.165, 1.54) is 24.0 Å². The van der Waals surface area contributed by atoms with Crippen LogP contribution < -0.4 is 5.32 Å². The highest BCUT2D eigenvalue weighted by atomic mass is 14.9. The molecule has 102 valence electrons. The first-order valence-corrected chi connectivity index (χ1v) is 7.29. The summed E-state index contributed by atoms with van der Waals surface area (Å²) in [6, 6.07) is 9.73. The lowest BCUT2D eigenvalue weighted by Crippen LogP contribution is -2.27. The average Bonchev–Trinajstić information content (AvgIpc) is 2.34. The lowest BCUT2D eigenvalue weighted by molar-refractivity contribution is 0.451. The lowest BCUT2D eigenvalue weighted by atomic mass is 9.96. The highest BCUT2D eigenvalue weighted by Gasteiger charge is 2.08. The first kappa shape index (κ1) is 15.2. The summed E-state index contributed by atoms with van der Waals surface area (Å²) in [6.07, 6.45) is 3.71. The maximum Gasteiger partial charge on any atom is 0.0105 e. The highest BCUT2D eigenvalue weighted by molar-refractivity contribution is 5.25. The molecule has 1 unspecified atom stereocenters. The largest absolute Gasteiger partial charge is 0.317 e. The van der Waals surface area contributed by atoms with Gasteiger partial charge in [-0.15, -0.1) is 0 Å². The van der Waals surface area contributed by atoms with Crippen LogP contribution in [0, 0.1) is 5.92 Å². The second-order valence-corrected chi connectivity index (χ2v) is 6.06. The molecule has 0 heterocycles. The Balaban J connectivity index is 2.53. The summed E-state index contributed by atoms with van der Waals surface area (Å²) in [5.41, 5.74) is 2.88. The first-order chi connectivity index (χ1) is 8.52. The van der Waals surface area contributed by atoms with E-state index in [4.69, 9.17) is 0 Å². The zero-order valence-corrected chi connectivity index (χ0v) is 12.7. The third-order valence-corrected chi connectivity index (χ3v) is 3.63. The van der Waals surface area contributed by atoms with Crippen LogP contribution in [0.4, 0.5) is 0 Å². The van der Waals surface area contributed by atoms with Gasteiger partial charge in [0.05, 0.1) is 0 Å². The minimum absolute atomic E-state index is 0.609. The van der Waals surface area contributed by atoms with E-state index in [2.05, 4.69) is 64.3 Å². The van der Waals surface area contributed by atoms with Gasteiger partial charge < -0.3 is 5.32 Å². The molecule has 18 heavy (non-hydrogen) atoms. The van der Waals surface area contributed by atoms with Gasteiger partial charge >= 0.3 is 0 Å². The molecule has 0 saturated carbocycles. The van der Waals surface area contributed by atoms with Crippen LogP contribution in [-0.4, -0.2) is 13.1 Å². The van der Waals surface area contributed by atoms with Crippen LogP contribution in [0.25, 0.3) is 0 Å². The molecule has 1 aromatic carbocycles. The monoisotopic (exact) mass is 247 g/mol. The summed E-state index contributed by atoms with van der Waals surface area (Å²) in [6.45, 7) is 9.08. The zero-order chi connectivity index (χ0) is 13.5. The van der Waals surface area contributed by atoms with Gasteiger partial charge in [-0.2, -0.15) is 0 Å². The first-order valence-electron chi connectivity index (χ1n) is 7.29. The normalized spacial score (nSPS) is 13.3. The van der Waals surface area contributed by atoms with E-state index >= 15 is 0 Å². The van der Waals surface area contributed by atoms with Gasteiger partial charge in [-0.1, -0.05) is 52.0 Å². The SMILES string of the molecule is CNC(CCC(C)C)Cc1ccc(C(C)C)cc1. The van der Waals surface area contributed by atoms with Crippen molar-refractivity contribution in [1.29, 1.82) is 0 Å². The summed E-state index contributed by atoms with van der Waals surface area (Å²) < 4.78 is 0. The third kappa shape index (κ3) is 5.22. The molecule has 0 fully saturated rings. The summed E-state index contributed by atoms with van der Waals surface area (Å²) in [5, 5.41) is 3.44. The van der Waals surface area contributed by atoms with Gasteiger partial charge in [0.1, 0.15) is 0 Å². The lowest BCUT2D eigenvalue weighted by Gasteiger charge is -2.18. The van der Waals surface area contributed by atoms with E-state index in [-0.39, 0.29) is 0 Å². The molecule has 0 aromatic heterocycles. The Labute approximate surface area is 113 Å². The molecule has 1 heteroatoms. The molecule has 1 aromatic rings. The van der Waals surface area contributed by atoms with Crippen molar-refractivity contribution in [2.24, 2.45) is 5.92 Å². The molecular weight excluding hydrogens is 218 g/mol. The Morgan fingerprint density at radius 1 is 0.944 bits per heavy atom. The summed E-state index contributed by atoms with van der Waals surface area (Å²) >= 11 is 0. The van der Waals surface area contributed by atoms with Crippen LogP contribution in [0.15, 0.2) is 24.3 Å². The Morgan fingerprint density at radius 3 is 2.00 bits per heavy atom. The smallest absolute Gasteiger partial charge is 0.0105 e. The van der Waals surface area contributed by atoms with Gasteiger partial charge in [0.15, 0.2) is 0 Å². The number of hydrogen-bond donors (Lipinski definition) is 1. The molecule has 1 rings (SSSR count). The van der Waals surface area contributed by atoms with Crippen molar-refractivity contribution < 1.29 is 0 Å². The Kier molecular flexibility index (Phi) is 6.42. The predicted octanol–water partition coefficient (Wildman–Crippen LogP) is 4.38. The quantitative estimate of drug-likeness (QED) is 0.754. The molecule has 0 amide bonds. The van der Waals surface area contributed by atoms with Gasteiger partial charge in [-0.3, -0.25) is 0 Å². The molecule has 1 atom stereocenters. The third-order valence-electron chi connectivity index (χ3n) is 3.63. The number of nitrogens with one attached hydrogen (secondary N) is 1. The van der Waals surface area contributed by atoms with Crippen molar-refractivity contribution >= 4 is 0 Å². The number of hydrogen-bond acceptors (Lipinski definition) is 1. The second-order valence-electron chi connectivity index (χ2n) is 6.06. The minimum atomic E-state index is 0.609. The molecule has 0 aliphatic rings. The van der Waals surface area contributed by atoms with E-state index in [0.717, 1.165) is 12.3 Å². The maximum absolute atomic E-state index is 3.44. The van der Waals surface area contributed by atoms with Crippen LogP contribution in [-0.2, 0) is 6.42 Å². The van der Waals surface area contributed by atoms with Crippen LogP contribution in [0.3, 0.4) is 0 Å². The van der Waals surface area contributed by atoms with Crippen LogP contribution >= 0.6 is 0 Å². The van der Waals surface area contributed by atoms with Gasteiger partial charge in [-0.25, -0.2) is 0 Å². The van der Waals surface area contributed by atoms with E-state index in [1.54, 1.807) is 0 Å². The molecule has 0 radical (unpaired) electrons. The molecule has 0 saturated heterocycles. The van der Waals surface area contributed by atoms with Gasteiger partial charge in [0.2, 0.25) is 0 Å². The van der Waals surface area contributed by atoms with Gasteiger partial charge in [0.25, 0.3) is 0 Å².